The number of rotatable bonds is 6. The molecule has 0 amide bonds. The van der Waals surface area contributed by atoms with E-state index in [0.717, 1.165) is 11.1 Å². The van der Waals surface area contributed by atoms with Crippen LogP contribution in [0, 0.1) is 35.7 Å². The number of nitrogens with zero attached hydrogens (tertiary/aromatic N) is 6. The van der Waals surface area contributed by atoms with Crippen LogP contribution in [0.5, 0.6) is 5.75 Å². The van der Waals surface area contributed by atoms with Gasteiger partial charge in [0.2, 0.25) is 4.77 Å². The van der Waals surface area contributed by atoms with Crippen LogP contribution in [-0.2, 0) is 6.54 Å². The first kappa shape index (κ1) is 19.4. The normalized spacial score (nSPS) is 11.3. The van der Waals surface area contributed by atoms with Crippen LogP contribution in [0.15, 0.2) is 23.3 Å². The second kappa shape index (κ2) is 7.72. The van der Waals surface area contributed by atoms with Gasteiger partial charge in [0.25, 0.3) is 0 Å². The summed E-state index contributed by atoms with van der Waals surface area (Å²) in [5, 5.41) is 26.5. The summed E-state index contributed by atoms with van der Waals surface area (Å²) >= 11 is 5.13. The van der Waals surface area contributed by atoms with E-state index < -0.39 is 4.92 Å². The van der Waals surface area contributed by atoms with E-state index in [1.165, 1.54) is 4.68 Å². The number of nitrogens with one attached hydrogen (secondary N) is 1. The van der Waals surface area contributed by atoms with Crippen molar-refractivity contribution in [2.75, 3.05) is 7.11 Å². The number of aromatic amines is 1. The molecule has 10 nitrogen and oxygen atoms in total. The highest BCUT2D eigenvalue weighted by molar-refractivity contribution is 7.71. The molecule has 0 radical (unpaired) electrons. The highest BCUT2D eigenvalue weighted by Crippen LogP contribution is 2.25. The lowest BCUT2D eigenvalue weighted by Crippen LogP contribution is -2.06. The molecule has 0 fully saturated rings. The summed E-state index contributed by atoms with van der Waals surface area (Å²) in [7, 11) is 1.57. The summed E-state index contributed by atoms with van der Waals surface area (Å²) in [6.45, 7) is 5.42. The number of ether oxygens (including phenoxy) is 1. The summed E-state index contributed by atoms with van der Waals surface area (Å²) in [5.74, 6) is 1.30. The maximum atomic E-state index is 11.2. The molecule has 1 aromatic carbocycles. The van der Waals surface area contributed by atoms with Crippen LogP contribution in [0.1, 0.15) is 28.3 Å². The standard InChI is InChI=1S/C17H19N7O3S/c1-10-16(24(25)26)11(2)22(21-10)9-14-7-13(5-6-15(14)27-4)8-18-23-12(3)19-20-17(23)28/h5-8H,9H2,1-4H3,(H,20,28)/b18-8+. The number of aromatic nitrogens is 5. The molecule has 0 aliphatic heterocycles. The number of H-pyrrole nitrogens is 1. The third-order valence-electron chi connectivity index (χ3n) is 4.28. The Balaban J connectivity index is 1.95. The van der Waals surface area contributed by atoms with Crippen molar-refractivity contribution in [3.05, 3.63) is 61.4 Å². The van der Waals surface area contributed by atoms with E-state index >= 15 is 0 Å². The molecule has 0 aliphatic carbocycles. The van der Waals surface area contributed by atoms with Crippen LogP contribution in [0.2, 0.25) is 0 Å². The maximum Gasteiger partial charge on any atom is 0.312 e. The van der Waals surface area contributed by atoms with Gasteiger partial charge >= 0.3 is 5.69 Å². The number of methoxy groups -OCH3 is 1. The van der Waals surface area contributed by atoms with Gasteiger partial charge in [0.05, 0.1) is 24.8 Å². The van der Waals surface area contributed by atoms with Crippen molar-refractivity contribution >= 4 is 24.1 Å². The molecular formula is C17H19N7O3S. The molecule has 0 saturated heterocycles. The Morgan fingerprint density at radius 2 is 2.14 bits per heavy atom. The molecule has 2 aromatic heterocycles. The van der Waals surface area contributed by atoms with Crippen LogP contribution in [-0.4, -0.2) is 42.9 Å². The predicted molar refractivity (Wildman–Crippen MR) is 106 cm³/mol. The van der Waals surface area contributed by atoms with Crippen LogP contribution in [0.25, 0.3) is 0 Å². The van der Waals surface area contributed by atoms with Gasteiger partial charge in [0.15, 0.2) is 0 Å². The van der Waals surface area contributed by atoms with Gasteiger partial charge < -0.3 is 4.74 Å². The van der Waals surface area contributed by atoms with Crippen LogP contribution >= 0.6 is 12.2 Å². The summed E-state index contributed by atoms with van der Waals surface area (Å²) < 4.78 is 8.95. The molecule has 0 unspecified atom stereocenters. The largest absolute Gasteiger partial charge is 0.496 e. The third-order valence-corrected chi connectivity index (χ3v) is 4.55. The quantitative estimate of drug-likeness (QED) is 0.294. The molecule has 3 rings (SSSR count). The zero-order valence-corrected chi connectivity index (χ0v) is 16.6. The first-order chi connectivity index (χ1) is 13.3. The lowest BCUT2D eigenvalue weighted by molar-refractivity contribution is -0.386. The molecule has 11 heteroatoms. The second-order valence-electron chi connectivity index (χ2n) is 6.14. The SMILES string of the molecule is COc1ccc(/C=N/n2c(C)n[nH]c2=S)cc1Cn1nc(C)c([N+](=O)[O-])c1C. The van der Waals surface area contributed by atoms with Crippen molar-refractivity contribution in [3.8, 4) is 5.75 Å². The minimum atomic E-state index is -0.411. The van der Waals surface area contributed by atoms with Gasteiger partial charge in [0, 0.05) is 5.56 Å². The fourth-order valence-electron chi connectivity index (χ4n) is 2.90. The van der Waals surface area contributed by atoms with E-state index in [1.807, 2.05) is 18.2 Å². The molecule has 1 N–H and O–H groups in total. The van der Waals surface area contributed by atoms with Gasteiger partial charge in [0.1, 0.15) is 23.0 Å². The molecule has 28 heavy (non-hydrogen) atoms. The minimum Gasteiger partial charge on any atom is -0.496 e. The fourth-order valence-corrected chi connectivity index (χ4v) is 3.13. The molecule has 146 valence electrons. The summed E-state index contributed by atoms with van der Waals surface area (Å²) in [6, 6.07) is 5.57. The van der Waals surface area contributed by atoms with Gasteiger partial charge in [-0.3, -0.25) is 19.9 Å². The Labute approximate surface area is 165 Å². The third kappa shape index (κ3) is 3.69. The number of benzene rings is 1. The van der Waals surface area contributed by atoms with Crippen molar-refractivity contribution in [1.29, 1.82) is 0 Å². The first-order valence-corrected chi connectivity index (χ1v) is 8.76. The van der Waals surface area contributed by atoms with Crippen molar-refractivity contribution < 1.29 is 9.66 Å². The van der Waals surface area contributed by atoms with Gasteiger partial charge in [-0.2, -0.15) is 20.0 Å². The molecule has 0 bridgehead atoms. The highest BCUT2D eigenvalue weighted by Gasteiger charge is 2.22. The molecular weight excluding hydrogens is 382 g/mol. The van der Waals surface area contributed by atoms with Crippen molar-refractivity contribution in [3.63, 3.8) is 0 Å². The Hall–Kier alpha value is -3.34. The fraction of sp³-hybridized carbons (Fsp3) is 0.294. The topological polar surface area (TPSA) is 116 Å². The van der Waals surface area contributed by atoms with Crippen LogP contribution in [0.4, 0.5) is 5.69 Å². The zero-order chi connectivity index (χ0) is 20.4. The average Bonchev–Trinajstić information content (AvgIpc) is 3.11. The predicted octanol–water partition coefficient (Wildman–Crippen LogP) is 2.91. The Morgan fingerprint density at radius 1 is 1.39 bits per heavy atom. The van der Waals surface area contributed by atoms with Crippen molar-refractivity contribution in [2.24, 2.45) is 5.10 Å². The van der Waals surface area contributed by atoms with E-state index in [1.54, 1.807) is 38.8 Å². The molecule has 0 atom stereocenters. The van der Waals surface area contributed by atoms with E-state index in [0.29, 0.717) is 34.3 Å². The average molecular weight is 401 g/mol. The van der Waals surface area contributed by atoms with E-state index in [9.17, 15) is 10.1 Å². The van der Waals surface area contributed by atoms with Gasteiger partial charge in [-0.1, -0.05) is 0 Å². The van der Waals surface area contributed by atoms with Crippen LogP contribution < -0.4 is 4.74 Å². The van der Waals surface area contributed by atoms with E-state index in [4.69, 9.17) is 17.0 Å². The lowest BCUT2D eigenvalue weighted by atomic mass is 10.1. The van der Waals surface area contributed by atoms with Gasteiger partial charge in [-0.15, -0.1) is 0 Å². The van der Waals surface area contributed by atoms with E-state index in [2.05, 4.69) is 20.4 Å². The monoisotopic (exact) mass is 401 g/mol. The highest BCUT2D eigenvalue weighted by atomic mass is 32.1. The summed E-state index contributed by atoms with van der Waals surface area (Å²) in [5.41, 5.74) is 2.53. The molecule has 0 saturated carbocycles. The van der Waals surface area contributed by atoms with Crippen molar-refractivity contribution in [2.45, 2.75) is 27.3 Å². The lowest BCUT2D eigenvalue weighted by Gasteiger charge is -2.10. The van der Waals surface area contributed by atoms with Gasteiger partial charge in [-0.05, 0) is 56.8 Å². The van der Waals surface area contributed by atoms with Crippen LogP contribution in [0.3, 0.4) is 0 Å². The Kier molecular flexibility index (Phi) is 5.36. The number of hydrogen-bond acceptors (Lipinski definition) is 7. The number of nitro groups is 1. The molecule has 3 aromatic rings. The molecule has 2 heterocycles. The Morgan fingerprint density at radius 3 is 2.71 bits per heavy atom. The van der Waals surface area contributed by atoms with E-state index in [-0.39, 0.29) is 5.69 Å². The Bertz CT molecular complexity index is 1130. The summed E-state index contributed by atoms with van der Waals surface area (Å²) in [4.78, 5) is 10.8. The van der Waals surface area contributed by atoms with Gasteiger partial charge in [-0.25, -0.2) is 0 Å². The number of aryl methyl sites for hydroxylation is 2. The first-order valence-electron chi connectivity index (χ1n) is 8.35. The zero-order valence-electron chi connectivity index (χ0n) is 15.8. The molecule has 0 spiro atoms. The second-order valence-corrected chi connectivity index (χ2v) is 6.52. The maximum absolute atomic E-state index is 11.2. The smallest absolute Gasteiger partial charge is 0.312 e. The minimum absolute atomic E-state index is 0.0292. The summed E-state index contributed by atoms with van der Waals surface area (Å²) in [6.07, 6.45) is 1.66. The van der Waals surface area contributed by atoms with Crippen molar-refractivity contribution in [1.82, 2.24) is 24.7 Å². The molecule has 0 aliphatic rings. The number of hydrogen-bond donors (Lipinski definition) is 1.